The van der Waals surface area contributed by atoms with Crippen LogP contribution in [0.3, 0.4) is 0 Å². The van der Waals surface area contributed by atoms with E-state index in [0.717, 1.165) is 18.2 Å². The molecule has 0 aliphatic carbocycles. The van der Waals surface area contributed by atoms with Crippen molar-refractivity contribution in [2.24, 2.45) is 0 Å². The van der Waals surface area contributed by atoms with Crippen molar-refractivity contribution in [3.05, 3.63) is 35.7 Å². The van der Waals surface area contributed by atoms with Gasteiger partial charge in [0.1, 0.15) is 17.9 Å². The van der Waals surface area contributed by atoms with Gasteiger partial charge in [-0.3, -0.25) is 4.79 Å². The molecule has 5 heteroatoms. The first-order chi connectivity index (χ1) is 7.15. The van der Waals surface area contributed by atoms with E-state index in [-0.39, 0.29) is 11.3 Å². The fraction of sp³-hybridized carbons (Fsp3) is 0.100. The topological polar surface area (TPSA) is 26.3 Å². The molecule has 0 saturated carbocycles. The second kappa shape index (κ2) is 5.19. The minimum absolute atomic E-state index is 0.176. The van der Waals surface area contributed by atoms with Crippen molar-refractivity contribution in [2.75, 3.05) is 0 Å². The van der Waals surface area contributed by atoms with Crippen LogP contribution in [0.15, 0.2) is 24.3 Å². The highest BCUT2D eigenvalue weighted by Gasteiger charge is 2.10. The molecule has 15 heavy (non-hydrogen) atoms. The summed E-state index contributed by atoms with van der Waals surface area (Å²) in [6, 6.07) is 3.52. The van der Waals surface area contributed by atoms with Crippen molar-refractivity contribution < 1.29 is 22.7 Å². The monoisotopic (exact) mass is 216 g/mol. The van der Waals surface area contributed by atoms with E-state index in [1.54, 1.807) is 0 Å². The third-order valence-electron chi connectivity index (χ3n) is 1.57. The van der Waals surface area contributed by atoms with E-state index < -0.39 is 12.4 Å². The summed E-state index contributed by atoms with van der Waals surface area (Å²) >= 11 is 0. The number of allylic oxidation sites excluding steroid dienone is 1. The number of carbonyl (C=O) groups excluding carboxylic acids is 1. The molecule has 0 amide bonds. The molecule has 2 nitrogen and oxygen atoms in total. The Balaban J connectivity index is 3.08. The zero-order valence-corrected chi connectivity index (χ0v) is 7.49. The van der Waals surface area contributed by atoms with Crippen LogP contribution in [0.5, 0.6) is 5.75 Å². The van der Waals surface area contributed by atoms with Crippen LogP contribution in [-0.2, 0) is 4.79 Å². The maximum Gasteiger partial charge on any atom is 0.387 e. The fourth-order valence-corrected chi connectivity index (χ4v) is 1.01. The second-order valence-corrected chi connectivity index (χ2v) is 2.53. The Hall–Kier alpha value is -1.78. The van der Waals surface area contributed by atoms with Gasteiger partial charge in [0.2, 0.25) is 0 Å². The van der Waals surface area contributed by atoms with Crippen LogP contribution >= 0.6 is 0 Å². The van der Waals surface area contributed by atoms with Gasteiger partial charge in [-0.2, -0.15) is 8.78 Å². The van der Waals surface area contributed by atoms with Crippen molar-refractivity contribution in [3.8, 4) is 5.75 Å². The zero-order chi connectivity index (χ0) is 11.3. The number of aldehydes is 1. The van der Waals surface area contributed by atoms with Gasteiger partial charge in [0, 0.05) is 0 Å². The lowest BCUT2D eigenvalue weighted by Crippen LogP contribution is -2.04. The molecule has 0 atom stereocenters. The van der Waals surface area contributed by atoms with Gasteiger partial charge in [-0.05, 0) is 24.3 Å². The van der Waals surface area contributed by atoms with Gasteiger partial charge >= 0.3 is 6.61 Å². The number of carbonyl (C=O) groups is 1. The van der Waals surface area contributed by atoms with Gasteiger partial charge in [0.25, 0.3) is 0 Å². The van der Waals surface area contributed by atoms with Crippen molar-refractivity contribution in [2.45, 2.75) is 6.61 Å². The Morgan fingerprint density at radius 3 is 2.67 bits per heavy atom. The molecule has 0 saturated heterocycles. The van der Waals surface area contributed by atoms with Crippen molar-refractivity contribution in [1.29, 1.82) is 0 Å². The van der Waals surface area contributed by atoms with Crippen LogP contribution in [0.1, 0.15) is 5.56 Å². The summed E-state index contributed by atoms with van der Waals surface area (Å²) in [6.07, 6.45) is 2.48. The van der Waals surface area contributed by atoms with Crippen LogP contribution in [0.2, 0.25) is 0 Å². The van der Waals surface area contributed by atoms with Crippen LogP contribution in [0, 0.1) is 5.82 Å². The predicted octanol–water partition coefficient (Wildman–Crippen LogP) is 2.64. The average molecular weight is 216 g/mol. The van der Waals surface area contributed by atoms with Gasteiger partial charge in [0.15, 0.2) is 0 Å². The number of ether oxygens (including phenoxy) is 1. The summed E-state index contributed by atoms with van der Waals surface area (Å²) in [5, 5.41) is 0. The molecular weight excluding hydrogens is 209 g/mol. The lowest BCUT2D eigenvalue weighted by molar-refractivity contribution is -0.104. The molecule has 1 aromatic carbocycles. The summed E-state index contributed by atoms with van der Waals surface area (Å²) in [5.74, 6) is -1.03. The van der Waals surface area contributed by atoms with Crippen molar-refractivity contribution in [1.82, 2.24) is 0 Å². The van der Waals surface area contributed by atoms with Crippen LogP contribution in [0.25, 0.3) is 6.08 Å². The van der Waals surface area contributed by atoms with E-state index in [1.165, 1.54) is 12.1 Å². The molecular formula is C10H7F3O2. The Labute approximate surface area is 84.0 Å². The normalized spacial score (nSPS) is 10.9. The van der Waals surface area contributed by atoms with Gasteiger partial charge < -0.3 is 4.74 Å². The maximum atomic E-state index is 13.1. The number of benzene rings is 1. The molecule has 0 bridgehead atoms. The molecule has 0 unspecified atom stereocenters. The highest BCUT2D eigenvalue weighted by molar-refractivity contribution is 5.75. The summed E-state index contributed by atoms with van der Waals surface area (Å²) in [6.45, 7) is -3.03. The highest BCUT2D eigenvalue weighted by Crippen LogP contribution is 2.24. The van der Waals surface area contributed by atoms with E-state index in [4.69, 9.17) is 0 Å². The van der Waals surface area contributed by atoms with Gasteiger partial charge in [-0.25, -0.2) is 4.39 Å². The fourth-order valence-electron chi connectivity index (χ4n) is 1.01. The molecule has 0 aromatic heterocycles. The maximum absolute atomic E-state index is 13.1. The smallest absolute Gasteiger partial charge is 0.387 e. The summed E-state index contributed by atoms with van der Waals surface area (Å²) in [7, 11) is 0. The number of rotatable bonds is 4. The first-order valence-corrected chi connectivity index (χ1v) is 4.00. The van der Waals surface area contributed by atoms with Crippen LogP contribution in [-0.4, -0.2) is 12.9 Å². The van der Waals surface area contributed by atoms with E-state index in [1.807, 2.05) is 0 Å². The molecule has 0 fully saturated rings. The third kappa shape index (κ3) is 3.12. The molecule has 0 N–H and O–H groups in total. The number of hydrogen-bond acceptors (Lipinski definition) is 2. The van der Waals surface area contributed by atoms with Crippen molar-refractivity contribution in [3.63, 3.8) is 0 Å². The number of alkyl halides is 2. The molecule has 0 heterocycles. The lowest BCUT2D eigenvalue weighted by atomic mass is 10.2. The summed E-state index contributed by atoms with van der Waals surface area (Å²) < 4.78 is 41.0. The first kappa shape index (κ1) is 11.3. The molecule has 0 spiro atoms. The molecule has 0 aliphatic rings. The average Bonchev–Trinajstić information content (AvgIpc) is 2.16. The molecule has 0 radical (unpaired) electrons. The first-order valence-electron chi connectivity index (χ1n) is 4.00. The Kier molecular flexibility index (Phi) is 3.91. The van der Waals surface area contributed by atoms with Crippen LogP contribution < -0.4 is 4.74 Å². The summed E-state index contributed by atoms with van der Waals surface area (Å²) in [4.78, 5) is 10.0. The molecule has 1 aromatic rings. The summed E-state index contributed by atoms with van der Waals surface area (Å²) in [5.41, 5.74) is -0.176. The quantitative estimate of drug-likeness (QED) is 0.571. The highest BCUT2D eigenvalue weighted by atomic mass is 19.3. The van der Waals surface area contributed by atoms with Crippen molar-refractivity contribution >= 4 is 12.4 Å². The zero-order valence-electron chi connectivity index (χ0n) is 7.49. The van der Waals surface area contributed by atoms with E-state index in [0.29, 0.717) is 6.29 Å². The largest absolute Gasteiger partial charge is 0.434 e. The second-order valence-electron chi connectivity index (χ2n) is 2.53. The SMILES string of the molecule is O=CC=Cc1c(F)cccc1OC(F)F. The molecule has 0 aliphatic heterocycles. The van der Waals surface area contributed by atoms with E-state index in [2.05, 4.69) is 4.74 Å². The predicted molar refractivity (Wildman–Crippen MR) is 48.1 cm³/mol. The van der Waals surface area contributed by atoms with E-state index >= 15 is 0 Å². The van der Waals surface area contributed by atoms with Gasteiger partial charge in [-0.1, -0.05) is 6.07 Å². The molecule has 80 valence electrons. The number of hydrogen-bond donors (Lipinski definition) is 0. The Morgan fingerprint density at radius 2 is 2.07 bits per heavy atom. The molecule has 1 rings (SSSR count). The van der Waals surface area contributed by atoms with Gasteiger partial charge in [0.05, 0.1) is 5.56 Å². The third-order valence-corrected chi connectivity index (χ3v) is 1.57. The standard InChI is InChI=1S/C10H7F3O2/c11-8-4-1-5-9(15-10(12)13)7(8)3-2-6-14/h1-6,10H. The lowest BCUT2D eigenvalue weighted by Gasteiger charge is -2.07. The Bertz CT molecular complexity index is 375. The minimum Gasteiger partial charge on any atom is -0.434 e. The minimum atomic E-state index is -3.03. The van der Waals surface area contributed by atoms with Gasteiger partial charge in [-0.15, -0.1) is 0 Å². The Morgan fingerprint density at radius 1 is 1.33 bits per heavy atom. The van der Waals surface area contributed by atoms with Crippen LogP contribution in [0.4, 0.5) is 13.2 Å². The number of halogens is 3. The van der Waals surface area contributed by atoms with E-state index in [9.17, 15) is 18.0 Å².